The summed E-state index contributed by atoms with van der Waals surface area (Å²) in [5, 5.41) is 18.2. The number of carbonyl (C=O) groups excluding carboxylic acids is 4. The molecular weight excluding hydrogens is 560 g/mol. The van der Waals surface area contributed by atoms with Crippen molar-refractivity contribution in [2.45, 2.75) is 69.1 Å². The van der Waals surface area contributed by atoms with E-state index >= 15 is 0 Å². The summed E-state index contributed by atoms with van der Waals surface area (Å²) >= 11 is 0. The molecule has 2 aromatic rings. The number of carboxylic acids is 1. The van der Waals surface area contributed by atoms with E-state index in [2.05, 4.69) is 25.9 Å². The number of rotatable bonds is 19. The molecule has 1 aromatic heterocycles. The number of carbonyl (C=O) groups is 5. The predicted molar refractivity (Wildman–Crippen MR) is 160 cm³/mol. The number of aromatic amines is 1. The summed E-state index contributed by atoms with van der Waals surface area (Å²) in [6.45, 7) is 0.524. The average Bonchev–Trinajstić information content (AvgIpc) is 3.35. The summed E-state index contributed by atoms with van der Waals surface area (Å²) in [6.07, 6.45) is 2.78. The highest BCUT2D eigenvalue weighted by Crippen LogP contribution is 2.19. The lowest BCUT2D eigenvalue weighted by atomic mass is 10.0. The van der Waals surface area contributed by atoms with E-state index in [-0.39, 0.29) is 38.2 Å². The van der Waals surface area contributed by atoms with Gasteiger partial charge in [-0.05, 0) is 50.3 Å². The Kier molecular flexibility index (Phi) is 13.9. The Labute approximate surface area is 248 Å². The summed E-state index contributed by atoms with van der Waals surface area (Å²) < 4.78 is 0. The zero-order valence-electron chi connectivity index (χ0n) is 23.9. The van der Waals surface area contributed by atoms with Gasteiger partial charge in [0, 0.05) is 30.1 Å². The van der Waals surface area contributed by atoms with E-state index in [1.165, 1.54) is 0 Å². The second-order valence-electron chi connectivity index (χ2n) is 10.1. The molecule has 15 N–H and O–H groups in total. The highest BCUT2D eigenvalue weighted by Gasteiger charge is 2.31. The number of amides is 4. The number of aromatic nitrogens is 1. The van der Waals surface area contributed by atoms with E-state index in [0.717, 1.165) is 10.9 Å². The molecule has 1 heterocycles. The van der Waals surface area contributed by atoms with Crippen LogP contribution < -0.4 is 44.6 Å². The van der Waals surface area contributed by atoms with Gasteiger partial charge < -0.3 is 54.7 Å². The number of nitrogens with one attached hydrogen (secondary N) is 4. The monoisotopic (exact) mass is 602 g/mol. The molecule has 1 aromatic carbocycles. The fraction of sp³-hybridized carbons (Fsp3) is 0.481. The van der Waals surface area contributed by atoms with E-state index in [4.69, 9.17) is 28.7 Å². The molecule has 0 aliphatic carbocycles. The number of nitrogens with zero attached hydrogens (tertiary/aromatic N) is 1. The van der Waals surface area contributed by atoms with Crippen molar-refractivity contribution in [3.8, 4) is 0 Å². The Hall–Kier alpha value is -4.70. The number of unbranched alkanes of at least 4 members (excludes halogenated alkanes) is 1. The molecule has 4 amide bonds. The molecule has 4 atom stereocenters. The van der Waals surface area contributed by atoms with Crippen molar-refractivity contribution in [3.05, 3.63) is 36.0 Å². The molecule has 0 spiro atoms. The first kappa shape index (κ1) is 34.5. The van der Waals surface area contributed by atoms with Gasteiger partial charge in [0.1, 0.15) is 18.1 Å². The Morgan fingerprint density at radius 2 is 1.49 bits per heavy atom. The van der Waals surface area contributed by atoms with Crippen LogP contribution in [0.3, 0.4) is 0 Å². The van der Waals surface area contributed by atoms with Crippen molar-refractivity contribution in [2.24, 2.45) is 33.7 Å². The molecule has 0 saturated carbocycles. The Morgan fingerprint density at radius 3 is 2.14 bits per heavy atom. The van der Waals surface area contributed by atoms with E-state index in [1.54, 1.807) is 6.20 Å². The van der Waals surface area contributed by atoms with Gasteiger partial charge in [-0.2, -0.15) is 0 Å². The van der Waals surface area contributed by atoms with E-state index in [0.29, 0.717) is 24.9 Å². The van der Waals surface area contributed by atoms with E-state index in [1.807, 2.05) is 24.3 Å². The number of fused-ring (bicyclic) bond motifs is 1. The molecule has 16 heteroatoms. The molecule has 0 saturated heterocycles. The minimum atomic E-state index is -1.30. The lowest BCUT2D eigenvalue weighted by molar-refractivity contribution is -0.142. The number of H-pyrrole nitrogens is 1. The molecule has 0 bridgehead atoms. The van der Waals surface area contributed by atoms with E-state index in [9.17, 15) is 29.1 Å². The summed E-state index contributed by atoms with van der Waals surface area (Å²) in [5.41, 5.74) is 28.6. The molecule has 0 aliphatic rings. The Morgan fingerprint density at radius 1 is 0.860 bits per heavy atom. The second-order valence-corrected chi connectivity index (χ2v) is 10.1. The highest BCUT2D eigenvalue weighted by atomic mass is 16.4. The van der Waals surface area contributed by atoms with Crippen molar-refractivity contribution >= 4 is 46.5 Å². The SMILES string of the molecule is NCCCCC(NC(=O)C(Cc1c[nH]c2ccccc12)NC(=O)C(CCCN=C(N)N)NC(=O)C(N)CC(N)=O)C(=O)O. The number of para-hydroxylation sites is 1. The molecule has 43 heavy (non-hydrogen) atoms. The van der Waals surface area contributed by atoms with Gasteiger partial charge in [-0.15, -0.1) is 0 Å². The van der Waals surface area contributed by atoms with Crippen molar-refractivity contribution in [1.82, 2.24) is 20.9 Å². The third-order valence-corrected chi connectivity index (χ3v) is 6.63. The third kappa shape index (κ3) is 11.6. The number of primary amides is 1. The molecule has 0 radical (unpaired) electrons. The van der Waals surface area contributed by atoms with Gasteiger partial charge in [0.25, 0.3) is 0 Å². The third-order valence-electron chi connectivity index (χ3n) is 6.63. The van der Waals surface area contributed by atoms with Crippen LogP contribution in [0.5, 0.6) is 0 Å². The number of aliphatic imine (C=N–C) groups is 1. The molecule has 0 aliphatic heterocycles. The molecule has 16 nitrogen and oxygen atoms in total. The zero-order chi connectivity index (χ0) is 31.9. The number of benzene rings is 1. The minimum Gasteiger partial charge on any atom is -0.480 e. The fourth-order valence-corrected chi connectivity index (χ4v) is 4.39. The molecule has 2 rings (SSSR count). The summed E-state index contributed by atoms with van der Waals surface area (Å²) in [7, 11) is 0. The van der Waals surface area contributed by atoms with Gasteiger partial charge in [0.2, 0.25) is 23.6 Å². The molecular formula is C27H42N10O6. The second kappa shape index (κ2) is 17.3. The van der Waals surface area contributed by atoms with Crippen LogP contribution in [0.2, 0.25) is 0 Å². The highest BCUT2D eigenvalue weighted by molar-refractivity contribution is 5.95. The van der Waals surface area contributed by atoms with Gasteiger partial charge in [-0.3, -0.25) is 24.2 Å². The summed E-state index contributed by atoms with van der Waals surface area (Å²) in [6, 6.07) is 2.43. The van der Waals surface area contributed by atoms with Crippen LogP contribution >= 0.6 is 0 Å². The Bertz CT molecular complexity index is 1290. The lowest BCUT2D eigenvalue weighted by Crippen LogP contribution is -2.57. The zero-order valence-corrected chi connectivity index (χ0v) is 23.9. The number of hydrogen-bond donors (Lipinski definition) is 10. The van der Waals surface area contributed by atoms with Crippen molar-refractivity contribution in [2.75, 3.05) is 13.1 Å². The first-order valence-corrected chi connectivity index (χ1v) is 13.9. The van der Waals surface area contributed by atoms with Crippen molar-refractivity contribution < 1.29 is 29.1 Å². The smallest absolute Gasteiger partial charge is 0.326 e. The Balaban J connectivity index is 2.32. The summed E-state index contributed by atoms with van der Waals surface area (Å²) in [5.74, 6) is -4.44. The van der Waals surface area contributed by atoms with Gasteiger partial charge in [0.15, 0.2) is 5.96 Å². The topological polar surface area (TPSA) is 300 Å². The number of nitrogens with two attached hydrogens (primary N) is 5. The lowest BCUT2D eigenvalue weighted by Gasteiger charge is -2.25. The average molecular weight is 603 g/mol. The van der Waals surface area contributed by atoms with E-state index < -0.39 is 60.2 Å². The maximum absolute atomic E-state index is 13.5. The van der Waals surface area contributed by atoms with Crippen LogP contribution in [0.15, 0.2) is 35.5 Å². The molecule has 236 valence electrons. The van der Waals surface area contributed by atoms with Gasteiger partial charge >= 0.3 is 5.97 Å². The first-order valence-electron chi connectivity index (χ1n) is 13.9. The van der Waals surface area contributed by atoms with Crippen molar-refractivity contribution in [3.63, 3.8) is 0 Å². The minimum absolute atomic E-state index is 0.00653. The number of hydrogen-bond acceptors (Lipinski definition) is 8. The normalized spacial score (nSPS) is 13.7. The first-order chi connectivity index (χ1) is 20.4. The van der Waals surface area contributed by atoms with Crippen LogP contribution in [-0.2, 0) is 30.4 Å². The van der Waals surface area contributed by atoms with Crippen LogP contribution in [0.4, 0.5) is 0 Å². The largest absolute Gasteiger partial charge is 0.480 e. The van der Waals surface area contributed by atoms with Gasteiger partial charge in [0.05, 0.1) is 12.5 Å². The fourth-order valence-electron chi connectivity index (χ4n) is 4.39. The molecule has 0 fully saturated rings. The number of carboxylic acid groups (broad SMARTS) is 1. The molecule has 4 unspecified atom stereocenters. The van der Waals surface area contributed by atoms with Crippen LogP contribution in [0.1, 0.15) is 44.1 Å². The number of aliphatic carboxylic acids is 1. The van der Waals surface area contributed by atoms with Gasteiger partial charge in [-0.1, -0.05) is 18.2 Å². The van der Waals surface area contributed by atoms with Crippen molar-refractivity contribution in [1.29, 1.82) is 0 Å². The van der Waals surface area contributed by atoms with Crippen LogP contribution in [0.25, 0.3) is 10.9 Å². The van der Waals surface area contributed by atoms with Crippen LogP contribution in [-0.4, -0.2) is 82.9 Å². The predicted octanol–water partition coefficient (Wildman–Crippen LogP) is -2.37. The number of guanidine groups is 1. The van der Waals surface area contributed by atoms with Crippen LogP contribution in [0, 0.1) is 0 Å². The maximum atomic E-state index is 13.5. The van der Waals surface area contributed by atoms with Gasteiger partial charge in [-0.25, -0.2) is 4.79 Å². The standard InChI is InChI=1S/C27H42N10O6/c28-10-4-3-8-20(26(42)43)36-25(41)21(12-15-14-34-18-7-2-1-6-16(15)18)37-24(40)19(9-5-11-33-27(31)32)35-23(39)17(29)13-22(30)38/h1-2,6-7,14,17,19-21,34H,3-5,8-13,28-29H2,(H2,30,38)(H,35,39)(H,36,41)(H,37,40)(H,42,43)(H4,31,32,33). The quantitative estimate of drug-likeness (QED) is 0.0463. The summed E-state index contributed by atoms with van der Waals surface area (Å²) in [4.78, 5) is 69.7. The maximum Gasteiger partial charge on any atom is 0.326 e.